The van der Waals surface area contributed by atoms with Crippen LogP contribution in [0.15, 0.2) is 29.0 Å². The summed E-state index contributed by atoms with van der Waals surface area (Å²) < 4.78 is 10.9. The van der Waals surface area contributed by atoms with E-state index in [0.717, 1.165) is 41.8 Å². The fraction of sp³-hybridized carbons (Fsp3) is 0.368. The summed E-state index contributed by atoms with van der Waals surface area (Å²) >= 11 is 1.63. The number of fused-ring (bicyclic) bond motifs is 1. The first-order chi connectivity index (χ1) is 12.6. The van der Waals surface area contributed by atoms with Crippen molar-refractivity contribution in [1.29, 1.82) is 0 Å². The topological polar surface area (TPSA) is 59.5 Å². The van der Waals surface area contributed by atoms with Crippen LogP contribution in [0.2, 0.25) is 0 Å². The van der Waals surface area contributed by atoms with E-state index in [1.54, 1.807) is 25.6 Å². The predicted molar refractivity (Wildman–Crippen MR) is 108 cm³/mol. The zero-order valence-corrected chi connectivity index (χ0v) is 16.4. The van der Waals surface area contributed by atoms with Gasteiger partial charge in [-0.1, -0.05) is 0 Å². The van der Waals surface area contributed by atoms with Crippen LogP contribution in [0.4, 0.5) is 5.82 Å². The summed E-state index contributed by atoms with van der Waals surface area (Å²) in [6, 6.07) is 5.86. The van der Waals surface area contributed by atoms with E-state index in [4.69, 9.17) is 19.4 Å². The normalized spacial score (nSPS) is 11.1. The Morgan fingerprint density at radius 3 is 2.54 bits per heavy atom. The summed E-state index contributed by atoms with van der Waals surface area (Å²) in [6.07, 6.45) is 1.03. The van der Waals surface area contributed by atoms with Crippen molar-refractivity contribution in [3.8, 4) is 22.9 Å². The van der Waals surface area contributed by atoms with Gasteiger partial charge < -0.3 is 19.7 Å². The zero-order chi connectivity index (χ0) is 18.5. The molecule has 0 radical (unpaired) electrons. The van der Waals surface area contributed by atoms with Crippen LogP contribution >= 0.6 is 11.3 Å². The summed E-state index contributed by atoms with van der Waals surface area (Å²) in [7, 11) is 7.41. The molecule has 26 heavy (non-hydrogen) atoms. The molecule has 2 heterocycles. The Labute approximate surface area is 157 Å². The van der Waals surface area contributed by atoms with Crippen molar-refractivity contribution in [2.45, 2.75) is 6.42 Å². The molecule has 1 N–H and O–H groups in total. The highest BCUT2D eigenvalue weighted by molar-refractivity contribution is 7.08. The smallest absolute Gasteiger partial charge is 0.162 e. The van der Waals surface area contributed by atoms with Crippen molar-refractivity contribution in [3.05, 3.63) is 29.0 Å². The Hall–Kier alpha value is -2.38. The maximum atomic E-state index is 5.45. The summed E-state index contributed by atoms with van der Waals surface area (Å²) in [5.74, 6) is 2.86. The van der Waals surface area contributed by atoms with Crippen LogP contribution < -0.4 is 14.8 Å². The van der Waals surface area contributed by atoms with Crippen molar-refractivity contribution in [3.63, 3.8) is 0 Å². The van der Waals surface area contributed by atoms with Gasteiger partial charge in [-0.3, -0.25) is 0 Å². The van der Waals surface area contributed by atoms with E-state index in [2.05, 4.69) is 29.7 Å². The van der Waals surface area contributed by atoms with Gasteiger partial charge in [0.1, 0.15) is 5.82 Å². The van der Waals surface area contributed by atoms with Crippen LogP contribution in [0, 0.1) is 0 Å². The molecular formula is C19H24N4O2S. The number of hydrogen-bond acceptors (Lipinski definition) is 7. The number of benzene rings is 1. The molecule has 3 aromatic rings. The number of anilines is 1. The van der Waals surface area contributed by atoms with E-state index in [1.807, 2.05) is 23.6 Å². The monoisotopic (exact) mass is 372 g/mol. The minimum Gasteiger partial charge on any atom is -0.493 e. The molecule has 0 amide bonds. The van der Waals surface area contributed by atoms with Crippen LogP contribution in [-0.2, 0) is 0 Å². The number of aromatic nitrogens is 2. The molecule has 1 aromatic carbocycles. The molecule has 0 saturated carbocycles. The minimum absolute atomic E-state index is 0.661. The number of nitrogens with zero attached hydrogens (tertiary/aromatic N) is 3. The van der Waals surface area contributed by atoms with E-state index in [-0.39, 0.29) is 0 Å². The fourth-order valence-corrected chi connectivity index (χ4v) is 3.35. The lowest BCUT2D eigenvalue weighted by Gasteiger charge is -2.14. The van der Waals surface area contributed by atoms with Crippen LogP contribution in [0.1, 0.15) is 6.42 Å². The lowest BCUT2D eigenvalue weighted by molar-refractivity contribution is 0.356. The zero-order valence-electron chi connectivity index (χ0n) is 15.6. The molecule has 0 aliphatic heterocycles. The average Bonchev–Trinajstić information content (AvgIpc) is 3.18. The SMILES string of the molecule is COc1cc2nc(-c3ccsc3)nc(NCCCN(C)C)c2cc1OC. The highest BCUT2D eigenvalue weighted by Gasteiger charge is 2.14. The number of nitrogens with one attached hydrogen (secondary N) is 1. The highest BCUT2D eigenvalue weighted by Crippen LogP contribution is 2.35. The number of rotatable bonds is 8. The molecule has 0 aliphatic rings. The first-order valence-electron chi connectivity index (χ1n) is 8.47. The van der Waals surface area contributed by atoms with E-state index < -0.39 is 0 Å². The Balaban J connectivity index is 2.03. The van der Waals surface area contributed by atoms with E-state index in [0.29, 0.717) is 17.3 Å². The van der Waals surface area contributed by atoms with Crippen LogP contribution in [-0.4, -0.2) is 56.3 Å². The molecule has 0 saturated heterocycles. The van der Waals surface area contributed by atoms with Crippen molar-refractivity contribution >= 4 is 28.1 Å². The maximum Gasteiger partial charge on any atom is 0.162 e. The first kappa shape index (κ1) is 18.4. The van der Waals surface area contributed by atoms with Gasteiger partial charge in [-0.25, -0.2) is 9.97 Å². The molecule has 0 spiro atoms. The van der Waals surface area contributed by atoms with E-state index in [9.17, 15) is 0 Å². The number of ether oxygens (including phenoxy) is 2. The molecule has 0 bridgehead atoms. The Bertz CT molecular complexity index is 866. The van der Waals surface area contributed by atoms with Crippen molar-refractivity contribution in [2.75, 3.05) is 46.7 Å². The number of methoxy groups -OCH3 is 2. The molecule has 7 heteroatoms. The average molecular weight is 372 g/mol. The largest absolute Gasteiger partial charge is 0.493 e. The van der Waals surface area contributed by atoms with Gasteiger partial charge in [0.05, 0.1) is 19.7 Å². The van der Waals surface area contributed by atoms with Gasteiger partial charge in [-0.2, -0.15) is 11.3 Å². The molecule has 2 aromatic heterocycles. The lowest BCUT2D eigenvalue weighted by atomic mass is 10.2. The van der Waals surface area contributed by atoms with Gasteiger partial charge in [0, 0.05) is 28.9 Å². The highest BCUT2D eigenvalue weighted by atomic mass is 32.1. The van der Waals surface area contributed by atoms with E-state index >= 15 is 0 Å². The summed E-state index contributed by atoms with van der Waals surface area (Å²) in [4.78, 5) is 11.7. The number of thiophene rings is 1. The van der Waals surface area contributed by atoms with Gasteiger partial charge in [0.2, 0.25) is 0 Å². The quantitative estimate of drug-likeness (QED) is 0.608. The van der Waals surface area contributed by atoms with Gasteiger partial charge in [0.25, 0.3) is 0 Å². The maximum absolute atomic E-state index is 5.45. The fourth-order valence-electron chi connectivity index (χ4n) is 2.71. The molecule has 0 atom stereocenters. The van der Waals surface area contributed by atoms with Crippen LogP contribution in [0.3, 0.4) is 0 Å². The van der Waals surface area contributed by atoms with Crippen molar-refractivity contribution < 1.29 is 9.47 Å². The molecule has 3 rings (SSSR count). The molecule has 0 aliphatic carbocycles. The molecule has 138 valence electrons. The molecule has 0 unspecified atom stereocenters. The Morgan fingerprint density at radius 1 is 1.12 bits per heavy atom. The Morgan fingerprint density at radius 2 is 1.88 bits per heavy atom. The van der Waals surface area contributed by atoms with E-state index in [1.165, 1.54) is 0 Å². The second kappa shape index (κ2) is 8.33. The first-order valence-corrected chi connectivity index (χ1v) is 9.41. The second-order valence-corrected chi connectivity index (χ2v) is 7.00. The van der Waals surface area contributed by atoms with Crippen molar-refractivity contribution in [2.24, 2.45) is 0 Å². The van der Waals surface area contributed by atoms with Gasteiger partial charge in [0.15, 0.2) is 17.3 Å². The van der Waals surface area contributed by atoms with Crippen LogP contribution in [0.25, 0.3) is 22.3 Å². The molecule has 6 nitrogen and oxygen atoms in total. The molecule has 0 fully saturated rings. The van der Waals surface area contributed by atoms with Gasteiger partial charge >= 0.3 is 0 Å². The summed E-state index contributed by atoms with van der Waals surface area (Å²) in [5.41, 5.74) is 1.84. The van der Waals surface area contributed by atoms with Gasteiger partial charge in [-0.05, 0) is 44.6 Å². The van der Waals surface area contributed by atoms with Crippen LogP contribution in [0.5, 0.6) is 11.5 Å². The third kappa shape index (κ3) is 4.05. The predicted octanol–water partition coefficient (Wildman–Crippen LogP) is 3.74. The third-order valence-corrected chi connectivity index (χ3v) is 4.74. The number of hydrogen-bond donors (Lipinski definition) is 1. The van der Waals surface area contributed by atoms with Crippen molar-refractivity contribution in [1.82, 2.24) is 14.9 Å². The minimum atomic E-state index is 0.661. The third-order valence-electron chi connectivity index (χ3n) is 4.05. The summed E-state index contributed by atoms with van der Waals surface area (Å²) in [5, 5.41) is 8.47. The standard InChI is InChI=1S/C19H24N4O2S/c1-23(2)8-5-7-20-19-14-10-16(24-3)17(25-4)11-15(14)21-18(22-19)13-6-9-26-12-13/h6,9-12H,5,7-8H2,1-4H3,(H,20,21,22). The Kier molecular flexibility index (Phi) is 5.90. The lowest BCUT2D eigenvalue weighted by Crippen LogP contribution is -2.17. The molecular weight excluding hydrogens is 348 g/mol. The van der Waals surface area contributed by atoms with Gasteiger partial charge in [-0.15, -0.1) is 0 Å². The summed E-state index contributed by atoms with van der Waals surface area (Å²) in [6.45, 7) is 1.85. The second-order valence-electron chi connectivity index (χ2n) is 6.22.